The highest BCUT2D eigenvalue weighted by Crippen LogP contribution is 2.27. The van der Waals surface area contributed by atoms with Crippen molar-refractivity contribution in [2.24, 2.45) is 0 Å². The van der Waals surface area contributed by atoms with Gasteiger partial charge in [0.15, 0.2) is 0 Å². The van der Waals surface area contributed by atoms with Crippen molar-refractivity contribution >= 4 is 29.6 Å². The first kappa shape index (κ1) is 20.4. The molecule has 0 bridgehead atoms. The van der Waals surface area contributed by atoms with Crippen LogP contribution in [0.2, 0.25) is 0 Å². The summed E-state index contributed by atoms with van der Waals surface area (Å²) in [6.45, 7) is 0.121. The Morgan fingerprint density at radius 1 is 1.15 bits per heavy atom. The number of nitrogens with one attached hydrogen (secondary N) is 1. The quantitative estimate of drug-likeness (QED) is 0.275. The zero-order valence-electron chi connectivity index (χ0n) is 14.2. The number of aliphatic carboxylic acids is 1. The maximum absolute atomic E-state index is 11.8. The Labute approximate surface area is 159 Å². The third-order valence-corrected chi connectivity index (χ3v) is 4.52. The van der Waals surface area contributed by atoms with Crippen LogP contribution in [-0.2, 0) is 20.9 Å². The minimum atomic E-state index is -1.16. The molecule has 0 aliphatic heterocycles. The van der Waals surface area contributed by atoms with Gasteiger partial charge < -0.3 is 9.84 Å². The van der Waals surface area contributed by atoms with E-state index in [1.54, 1.807) is 6.07 Å². The topological polar surface area (TPSA) is 119 Å². The molecule has 27 heavy (non-hydrogen) atoms. The van der Waals surface area contributed by atoms with Gasteiger partial charge in [-0.05, 0) is 30.0 Å². The summed E-state index contributed by atoms with van der Waals surface area (Å²) in [6.07, 6.45) is -0.0924. The van der Waals surface area contributed by atoms with Gasteiger partial charge in [-0.3, -0.25) is 19.7 Å². The van der Waals surface area contributed by atoms with Crippen molar-refractivity contribution in [2.75, 3.05) is 0 Å². The second kappa shape index (κ2) is 10.3. The molecule has 2 aromatic carbocycles. The smallest absolute Gasteiger partial charge is 0.321 e. The molecule has 8 nitrogen and oxygen atoms in total. The number of hydrogen-bond acceptors (Lipinski definition) is 7. The Morgan fingerprint density at radius 3 is 2.48 bits per heavy atom. The predicted octanol–water partition coefficient (Wildman–Crippen LogP) is 3.17. The molecule has 2 rings (SSSR count). The minimum absolute atomic E-state index is 0.00339. The molecule has 0 spiro atoms. The Kier molecular flexibility index (Phi) is 7.78. The lowest BCUT2D eigenvalue weighted by molar-refractivity contribution is -0.387. The number of nitro benzene ring substituents is 1. The van der Waals surface area contributed by atoms with Gasteiger partial charge in [0.05, 0.1) is 4.92 Å². The van der Waals surface area contributed by atoms with E-state index in [1.165, 1.54) is 18.2 Å². The number of nitrogens with zero attached hydrogens (tertiary/aromatic N) is 1. The second-order valence-electron chi connectivity index (χ2n) is 5.52. The number of carboxylic acids is 1. The summed E-state index contributed by atoms with van der Waals surface area (Å²) in [5.41, 5.74) is 0.715. The number of hydrogen-bond donors (Lipinski definition) is 2. The first-order valence-corrected chi connectivity index (χ1v) is 8.87. The van der Waals surface area contributed by atoms with Gasteiger partial charge in [-0.25, -0.2) is 4.72 Å². The number of carbonyl (C=O) groups is 2. The van der Waals surface area contributed by atoms with Crippen LogP contribution >= 0.6 is 11.9 Å². The lowest BCUT2D eigenvalue weighted by Crippen LogP contribution is -2.32. The average Bonchev–Trinajstić information content (AvgIpc) is 2.67. The molecular formula is C18H18N2O6S. The van der Waals surface area contributed by atoms with E-state index >= 15 is 0 Å². The molecule has 0 unspecified atom stereocenters. The van der Waals surface area contributed by atoms with Crippen molar-refractivity contribution in [3.63, 3.8) is 0 Å². The number of ether oxygens (including phenoxy) is 1. The van der Waals surface area contributed by atoms with Gasteiger partial charge in [0.1, 0.15) is 17.5 Å². The fourth-order valence-electron chi connectivity index (χ4n) is 2.13. The van der Waals surface area contributed by atoms with Crippen LogP contribution in [0, 0.1) is 10.1 Å². The molecule has 0 saturated carbocycles. The van der Waals surface area contributed by atoms with Crippen molar-refractivity contribution in [1.29, 1.82) is 0 Å². The summed E-state index contributed by atoms with van der Waals surface area (Å²) >= 11 is 0.849. The number of carboxylic acid groups (broad SMARTS) is 1. The first-order chi connectivity index (χ1) is 13.0. The molecule has 0 aliphatic rings. The largest absolute Gasteiger partial charge is 0.480 e. The molecule has 0 fully saturated rings. The Morgan fingerprint density at radius 2 is 1.81 bits per heavy atom. The van der Waals surface area contributed by atoms with E-state index in [4.69, 9.17) is 4.74 Å². The highest BCUT2D eigenvalue weighted by atomic mass is 32.2. The molecule has 0 aromatic heterocycles. The minimum Gasteiger partial charge on any atom is -0.480 e. The van der Waals surface area contributed by atoms with Crippen molar-refractivity contribution in [1.82, 2.24) is 4.72 Å². The predicted molar refractivity (Wildman–Crippen MR) is 99.0 cm³/mol. The molecule has 0 heterocycles. The van der Waals surface area contributed by atoms with E-state index in [0.717, 1.165) is 17.5 Å². The summed E-state index contributed by atoms with van der Waals surface area (Å²) in [7, 11) is 0. The average molecular weight is 390 g/mol. The standard InChI is InChI=1S/C18H18N2O6S/c21-17(26-12-13-6-2-1-3-7-13)11-10-14(18(22)23)19-27-16-9-5-4-8-15(16)20(24)25/h1-9,14,19H,10-12H2,(H,22,23)/t14-/m0/s1. The second-order valence-corrected chi connectivity index (χ2v) is 6.40. The van der Waals surface area contributed by atoms with Crippen molar-refractivity contribution in [3.8, 4) is 0 Å². The Bertz CT molecular complexity index is 799. The molecule has 0 aliphatic carbocycles. The highest BCUT2D eigenvalue weighted by molar-refractivity contribution is 7.97. The van der Waals surface area contributed by atoms with Crippen LogP contribution in [0.5, 0.6) is 0 Å². The number of benzene rings is 2. The molecule has 0 radical (unpaired) electrons. The normalized spacial score (nSPS) is 11.6. The number of carbonyl (C=O) groups excluding carboxylic acids is 1. The zero-order chi connectivity index (χ0) is 19.6. The summed E-state index contributed by atoms with van der Waals surface area (Å²) < 4.78 is 7.78. The van der Waals surface area contributed by atoms with Crippen molar-refractivity contribution in [3.05, 3.63) is 70.3 Å². The number of rotatable bonds is 10. The summed E-state index contributed by atoms with van der Waals surface area (Å²) in [5, 5.41) is 20.3. The fraction of sp³-hybridized carbons (Fsp3) is 0.222. The molecule has 0 amide bonds. The van der Waals surface area contributed by atoms with Crippen LogP contribution in [0.1, 0.15) is 18.4 Å². The van der Waals surface area contributed by atoms with Crippen LogP contribution in [0.3, 0.4) is 0 Å². The third-order valence-electron chi connectivity index (χ3n) is 3.55. The highest BCUT2D eigenvalue weighted by Gasteiger charge is 2.21. The van der Waals surface area contributed by atoms with E-state index in [0.29, 0.717) is 4.90 Å². The zero-order valence-corrected chi connectivity index (χ0v) is 15.1. The SMILES string of the molecule is O=C(CC[C@H](NSc1ccccc1[N+](=O)[O-])C(=O)O)OCc1ccccc1. The summed E-state index contributed by atoms with van der Waals surface area (Å²) in [6, 6.07) is 14.1. The molecule has 2 aromatic rings. The van der Waals surface area contributed by atoms with Crippen LogP contribution < -0.4 is 4.72 Å². The van der Waals surface area contributed by atoms with Gasteiger partial charge in [-0.15, -0.1) is 0 Å². The first-order valence-electron chi connectivity index (χ1n) is 8.05. The third kappa shape index (κ3) is 6.72. The van der Waals surface area contributed by atoms with Crippen molar-refractivity contribution < 1.29 is 24.4 Å². The van der Waals surface area contributed by atoms with Crippen LogP contribution in [0.25, 0.3) is 0 Å². The fourth-order valence-corrected chi connectivity index (χ4v) is 3.02. The number of esters is 1. The van der Waals surface area contributed by atoms with Gasteiger partial charge in [0.2, 0.25) is 0 Å². The number of para-hydroxylation sites is 1. The molecule has 142 valence electrons. The van der Waals surface area contributed by atoms with E-state index in [2.05, 4.69) is 4.72 Å². The van der Waals surface area contributed by atoms with Gasteiger partial charge in [-0.2, -0.15) is 0 Å². The van der Waals surface area contributed by atoms with E-state index in [1.807, 2.05) is 30.3 Å². The molecule has 2 N–H and O–H groups in total. The monoisotopic (exact) mass is 390 g/mol. The summed E-state index contributed by atoms with van der Waals surface area (Å²) in [4.78, 5) is 33.9. The Hall–Kier alpha value is -2.91. The van der Waals surface area contributed by atoms with E-state index < -0.39 is 22.9 Å². The van der Waals surface area contributed by atoms with Crippen LogP contribution in [0.15, 0.2) is 59.5 Å². The summed E-state index contributed by atoms with van der Waals surface area (Å²) in [5.74, 6) is -1.67. The maximum atomic E-state index is 11.8. The van der Waals surface area contributed by atoms with Gasteiger partial charge in [-0.1, -0.05) is 42.5 Å². The van der Waals surface area contributed by atoms with Crippen LogP contribution in [-0.4, -0.2) is 28.0 Å². The van der Waals surface area contributed by atoms with E-state index in [9.17, 15) is 24.8 Å². The van der Waals surface area contributed by atoms with Gasteiger partial charge in [0, 0.05) is 12.5 Å². The van der Waals surface area contributed by atoms with Crippen LogP contribution in [0.4, 0.5) is 5.69 Å². The van der Waals surface area contributed by atoms with E-state index in [-0.39, 0.29) is 25.1 Å². The maximum Gasteiger partial charge on any atom is 0.321 e. The molecular weight excluding hydrogens is 372 g/mol. The number of nitro groups is 1. The molecule has 9 heteroatoms. The van der Waals surface area contributed by atoms with Crippen molar-refractivity contribution in [2.45, 2.75) is 30.4 Å². The molecule has 1 atom stereocenters. The Balaban J connectivity index is 1.84. The lowest BCUT2D eigenvalue weighted by atomic mass is 10.2. The molecule has 0 saturated heterocycles. The lowest BCUT2D eigenvalue weighted by Gasteiger charge is -2.13. The van der Waals surface area contributed by atoms with Gasteiger partial charge in [0.25, 0.3) is 5.69 Å². The van der Waals surface area contributed by atoms with Gasteiger partial charge >= 0.3 is 11.9 Å².